The van der Waals surface area contributed by atoms with Gasteiger partial charge < -0.3 is 9.88 Å². The molecule has 0 radical (unpaired) electrons. The minimum absolute atomic E-state index is 0.0263. The van der Waals surface area contributed by atoms with Crippen molar-refractivity contribution in [1.29, 1.82) is 0 Å². The Labute approximate surface area is 168 Å². The number of hydrogen-bond acceptors (Lipinski definition) is 4. The summed E-state index contributed by atoms with van der Waals surface area (Å²) >= 11 is 0. The van der Waals surface area contributed by atoms with E-state index in [1.54, 1.807) is 12.1 Å². The molecule has 2 rings (SSSR count). The van der Waals surface area contributed by atoms with Gasteiger partial charge in [0.2, 0.25) is 15.9 Å². The number of carbonyl (C=O) groups is 1. The number of carbonyl (C=O) groups excluding carboxylic acids is 1. The molecule has 0 fully saturated rings. The first kappa shape index (κ1) is 22.4. The lowest BCUT2D eigenvalue weighted by molar-refractivity contribution is -0.121. The molecule has 0 aliphatic carbocycles. The Balaban J connectivity index is 2.29. The van der Waals surface area contributed by atoms with Crippen molar-refractivity contribution in [3.8, 4) is 0 Å². The van der Waals surface area contributed by atoms with E-state index in [2.05, 4.69) is 28.7 Å². The van der Waals surface area contributed by atoms with Gasteiger partial charge in [-0.15, -0.1) is 0 Å². The fraction of sp³-hybridized carbons (Fsp3) is 0.600. The van der Waals surface area contributed by atoms with Crippen LogP contribution in [-0.4, -0.2) is 48.8 Å². The Morgan fingerprint density at radius 1 is 1.18 bits per heavy atom. The number of sulfonamides is 1. The first-order valence-corrected chi connectivity index (χ1v) is 11.4. The molecule has 1 N–H and O–H groups in total. The lowest BCUT2D eigenvalue weighted by atomic mass is 10.2. The molecule has 0 unspecified atom stereocenters. The zero-order valence-electron chi connectivity index (χ0n) is 17.4. The molecule has 0 aliphatic heterocycles. The van der Waals surface area contributed by atoms with Crippen molar-refractivity contribution < 1.29 is 13.2 Å². The number of aryl methyl sites for hydroxylation is 2. The number of nitrogens with one attached hydrogen (secondary N) is 1. The number of aromatic nitrogens is 2. The van der Waals surface area contributed by atoms with Crippen LogP contribution in [0.25, 0.3) is 11.0 Å². The highest BCUT2D eigenvalue weighted by atomic mass is 32.2. The third-order valence-electron chi connectivity index (χ3n) is 4.74. The second-order valence-corrected chi connectivity index (χ2v) is 9.33. The number of imidazole rings is 1. The lowest BCUT2D eigenvalue weighted by Crippen LogP contribution is -2.24. The van der Waals surface area contributed by atoms with Gasteiger partial charge in [0.1, 0.15) is 5.82 Å². The Kier molecular flexibility index (Phi) is 8.00. The van der Waals surface area contributed by atoms with Gasteiger partial charge in [0, 0.05) is 40.0 Å². The van der Waals surface area contributed by atoms with Crippen molar-refractivity contribution in [3.63, 3.8) is 0 Å². The molecule has 0 spiro atoms. The highest BCUT2D eigenvalue weighted by Gasteiger charge is 2.20. The van der Waals surface area contributed by atoms with Gasteiger partial charge in [0.15, 0.2) is 0 Å². The molecule has 1 aromatic carbocycles. The third kappa shape index (κ3) is 5.32. The molecule has 2 aromatic rings. The lowest BCUT2D eigenvalue weighted by Gasteiger charge is -2.11. The molecule has 0 saturated heterocycles. The van der Waals surface area contributed by atoms with E-state index < -0.39 is 10.0 Å². The molecule has 0 aliphatic rings. The van der Waals surface area contributed by atoms with Crippen LogP contribution in [0.3, 0.4) is 0 Å². The predicted octanol–water partition coefficient (Wildman–Crippen LogP) is 2.94. The monoisotopic (exact) mass is 408 g/mol. The van der Waals surface area contributed by atoms with Crippen molar-refractivity contribution in [2.24, 2.45) is 0 Å². The van der Waals surface area contributed by atoms with E-state index in [4.69, 9.17) is 0 Å². The van der Waals surface area contributed by atoms with Gasteiger partial charge in [0.25, 0.3) is 0 Å². The topological polar surface area (TPSA) is 84.3 Å². The molecule has 28 heavy (non-hydrogen) atoms. The van der Waals surface area contributed by atoms with Crippen molar-refractivity contribution in [2.75, 3.05) is 20.6 Å². The normalized spacial score (nSPS) is 12.0. The zero-order chi connectivity index (χ0) is 20.7. The third-order valence-corrected chi connectivity index (χ3v) is 6.55. The second kappa shape index (κ2) is 10.0. The van der Waals surface area contributed by atoms with Gasteiger partial charge in [0.05, 0.1) is 15.9 Å². The molecular weight excluding hydrogens is 376 g/mol. The minimum atomic E-state index is -3.51. The van der Waals surface area contributed by atoms with Crippen molar-refractivity contribution in [3.05, 3.63) is 24.0 Å². The zero-order valence-corrected chi connectivity index (χ0v) is 18.2. The van der Waals surface area contributed by atoms with Crippen molar-refractivity contribution >= 4 is 27.0 Å². The van der Waals surface area contributed by atoms with Gasteiger partial charge in [-0.3, -0.25) is 4.79 Å². The number of amides is 1. The maximum absolute atomic E-state index is 12.4. The van der Waals surface area contributed by atoms with Gasteiger partial charge in [-0.2, -0.15) is 0 Å². The molecule has 156 valence electrons. The summed E-state index contributed by atoms with van der Waals surface area (Å²) in [6.45, 7) is 5.72. The van der Waals surface area contributed by atoms with Crippen LogP contribution in [0, 0.1) is 0 Å². The van der Waals surface area contributed by atoms with Crippen molar-refractivity contribution in [1.82, 2.24) is 19.2 Å². The van der Waals surface area contributed by atoms with Crippen LogP contribution in [-0.2, 0) is 27.8 Å². The Morgan fingerprint density at radius 2 is 1.89 bits per heavy atom. The summed E-state index contributed by atoms with van der Waals surface area (Å²) in [5, 5.41) is 2.93. The van der Waals surface area contributed by atoms with E-state index in [1.165, 1.54) is 18.4 Å². The van der Waals surface area contributed by atoms with E-state index in [-0.39, 0.29) is 10.8 Å². The Hall–Kier alpha value is -1.93. The molecule has 1 aromatic heterocycles. The summed E-state index contributed by atoms with van der Waals surface area (Å²) in [4.78, 5) is 17.0. The van der Waals surface area contributed by atoms with Crippen LogP contribution in [0.1, 0.15) is 51.8 Å². The van der Waals surface area contributed by atoms with Crippen LogP contribution < -0.4 is 5.32 Å². The summed E-state index contributed by atoms with van der Waals surface area (Å²) in [5.74, 6) is 0.854. The molecule has 7 nitrogen and oxygen atoms in total. The molecule has 0 atom stereocenters. The summed E-state index contributed by atoms with van der Waals surface area (Å²) in [7, 11) is -0.476. The fourth-order valence-corrected chi connectivity index (χ4v) is 3.93. The summed E-state index contributed by atoms with van der Waals surface area (Å²) < 4.78 is 28.1. The van der Waals surface area contributed by atoms with Gasteiger partial charge in [-0.05, 0) is 31.0 Å². The molecular formula is C20H32N4O3S. The largest absolute Gasteiger partial charge is 0.356 e. The van der Waals surface area contributed by atoms with Gasteiger partial charge >= 0.3 is 0 Å². The molecule has 0 saturated carbocycles. The number of unbranched alkanes of at least 4 members (excludes halogenated alkanes) is 2. The quantitative estimate of drug-likeness (QED) is 0.580. The second-order valence-electron chi connectivity index (χ2n) is 7.17. The average molecular weight is 409 g/mol. The van der Waals surface area contributed by atoms with Gasteiger partial charge in [-0.1, -0.05) is 26.7 Å². The highest BCUT2D eigenvalue weighted by molar-refractivity contribution is 7.89. The Bertz CT molecular complexity index is 904. The smallest absolute Gasteiger partial charge is 0.242 e. The first-order valence-electron chi connectivity index (χ1n) is 9.99. The minimum Gasteiger partial charge on any atom is -0.356 e. The van der Waals surface area contributed by atoms with Gasteiger partial charge in [-0.25, -0.2) is 17.7 Å². The predicted molar refractivity (Wildman–Crippen MR) is 112 cm³/mol. The summed E-state index contributed by atoms with van der Waals surface area (Å²) in [6, 6.07) is 5.07. The van der Waals surface area contributed by atoms with Crippen LogP contribution in [0.5, 0.6) is 0 Å². The molecule has 8 heteroatoms. The Morgan fingerprint density at radius 3 is 2.54 bits per heavy atom. The van der Waals surface area contributed by atoms with E-state index in [0.717, 1.165) is 43.6 Å². The maximum Gasteiger partial charge on any atom is 0.242 e. The summed E-state index contributed by atoms with van der Waals surface area (Å²) in [6.07, 6.45) is 4.98. The number of nitrogens with zero attached hydrogens (tertiary/aromatic N) is 3. The summed E-state index contributed by atoms with van der Waals surface area (Å²) in [5.41, 5.74) is 1.56. The SMILES string of the molecule is CCCCNC(=O)CCc1nc2cc(S(=O)(=O)N(C)C)ccc2n1CCCC. The standard InChI is InChI=1S/C20H32N4O3S/c1-5-7-13-21-20(25)12-11-19-22-17-15-16(28(26,27)23(3)4)9-10-18(17)24(19)14-8-6-2/h9-10,15H,5-8,11-14H2,1-4H3,(H,21,25). The fourth-order valence-electron chi connectivity index (χ4n) is 3.01. The first-order chi connectivity index (χ1) is 13.3. The number of fused-ring (bicyclic) bond motifs is 1. The van der Waals surface area contributed by atoms with E-state index in [1.807, 2.05) is 6.07 Å². The number of benzene rings is 1. The molecule has 0 bridgehead atoms. The molecule has 1 amide bonds. The van der Waals surface area contributed by atoms with E-state index in [9.17, 15) is 13.2 Å². The molecule has 1 heterocycles. The van der Waals surface area contributed by atoms with E-state index in [0.29, 0.717) is 24.9 Å². The van der Waals surface area contributed by atoms with E-state index >= 15 is 0 Å². The van der Waals surface area contributed by atoms with Crippen LogP contribution >= 0.6 is 0 Å². The van der Waals surface area contributed by atoms with Crippen LogP contribution in [0.4, 0.5) is 0 Å². The van der Waals surface area contributed by atoms with Crippen LogP contribution in [0.2, 0.25) is 0 Å². The highest BCUT2D eigenvalue weighted by Crippen LogP contribution is 2.23. The number of rotatable bonds is 11. The van der Waals surface area contributed by atoms with Crippen LogP contribution in [0.15, 0.2) is 23.1 Å². The van der Waals surface area contributed by atoms with Crippen molar-refractivity contribution in [2.45, 2.75) is 63.8 Å². The average Bonchev–Trinajstić information content (AvgIpc) is 3.01. The maximum atomic E-state index is 12.4. The number of hydrogen-bond donors (Lipinski definition) is 1.